The van der Waals surface area contributed by atoms with Gasteiger partial charge in [0.2, 0.25) is 0 Å². The summed E-state index contributed by atoms with van der Waals surface area (Å²) in [4.78, 5) is 21.5. The minimum atomic E-state index is 0.100. The molecule has 0 unspecified atom stereocenters. The first kappa shape index (κ1) is 22.1. The molecule has 1 aromatic heterocycles. The van der Waals surface area contributed by atoms with Crippen molar-refractivity contribution in [2.75, 3.05) is 52.3 Å². The molecule has 2 heterocycles. The number of thiazole rings is 1. The predicted molar refractivity (Wildman–Crippen MR) is 128 cm³/mol. The van der Waals surface area contributed by atoms with Crippen LogP contribution >= 0.6 is 11.3 Å². The number of piperazine rings is 1. The van der Waals surface area contributed by atoms with Crippen molar-refractivity contribution in [3.05, 3.63) is 59.0 Å². The highest BCUT2D eigenvalue weighted by Gasteiger charge is 2.18. The molecule has 1 saturated heterocycles. The Labute approximate surface area is 192 Å². The van der Waals surface area contributed by atoms with Crippen molar-refractivity contribution < 1.29 is 14.3 Å². The van der Waals surface area contributed by atoms with Crippen LogP contribution in [0.4, 0.5) is 5.13 Å². The van der Waals surface area contributed by atoms with E-state index in [0.717, 1.165) is 65.2 Å². The van der Waals surface area contributed by atoms with Crippen LogP contribution in [0.2, 0.25) is 0 Å². The van der Waals surface area contributed by atoms with E-state index >= 15 is 0 Å². The number of hydrogen-bond acceptors (Lipinski definition) is 7. The van der Waals surface area contributed by atoms with Crippen LogP contribution in [0.15, 0.2) is 47.8 Å². The van der Waals surface area contributed by atoms with E-state index in [1.165, 1.54) is 0 Å². The molecule has 0 bridgehead atoms. The van der Waals surface area contributed by atoms with E-state index in [4.69, 9.17) is 14.5 Å². The summed E-state index contributed by atoms with van der Waals surface area (Å²) < 4.78 is 10.9. The maximum atomic E-state index is 12.7. The van der Waals surface area contributed by atoms with Crippen LogP contribution in [-0.4, -0.2) is 63.2 Å². The molecule has 0 radical (unpaired) electrons. The Morgan fingerprint density at radius 1 is 1.12 bits per heavy atom. The van der Waals surface area contributed by atoms with Crippen molar-refractivity contribution in [2.24, 2.45) is 0 Å². The monoisotopic (exact) mass is 452 g/mol. The van der Waals surface area contributed by atoms with Gasteiger partial charge in [-0.15, -0.1) is 11.3 Å². The minimum absolute atomic E-state index is 0.100. The van der Waals surface area contributed by atoms with Gasteiger partial charge in [0.1, 0.15) is 11.5 Å². The van der Waals surface area contributed by atoms with Crippen molar-refractivity contribution >= 4 is 22.4 Å². The first-order chi connectivity index (χ1) is 15.6. The quantitative estimate of drug-likeness (QED) is 0.592. The van der Waals surface area contributed by atoms with Gasteiger partial charge in [-0.3, -0.25) is 4.79 Å². The van der Waals surface area contributed by atoms with Crippen molar-refractivity contribution in [2.45, 2.75) is 6.54 Å². The van der Waals surface area contributed by atoms with Gasteiger partial charge in [0.25, 0.3) is 5.91 Å². The molecule has 3 aromatic rings. The van der Waals surface area contributed by atoms with Crippen molar-refractivity contribution in [3.63, 3.8) is 0 Å². The molecule has 0 saturated carbocycles. The molecular weight excluding hydrogens is 424 g/mol. The van der Waals surface area contributed by atoms with Crippen LogP contribution in [0.1, 0.15) is 15.9 Å². The number of nitrogens with one attached hydrogen (secondary N) is 1. The third-order valence-electron chi connectivity index (χ3n) is 5.53. The van der Waals surface area contributed by atoms with Gasteiger partial charge in [0.15, 0.2) is 5.13 Å². The summed E-state index contributed by atoms with van der Waals surface area (Å²) in [6.07, 6.45) is 0. The third-order valence-corrected chi connectivity index (χ3v) is 6.48. The lowest BCUT2D eigenvalue weighted by molar-refractivity contribution is 0.0736. The fraction of sp³-hybridized carbons (Fsp3) is 0.333. The second-order valence-electron chi connectivity index (χ2n) is 7.68. The summed E-state index contributed by atoms with van der Waals surface area (Å²) in [6, 6.07) is 13.6. The highest BCUT2D eigenvalue weighted by molar-refractivity contribution is 7.14. The molecule has 32 heavy (non-hydrogen) atoms. The molecule has 4 rings (SSSR count). The van der Waals surface area contributed by atoms with Crippen LogP contribution in [0, 0.1) is 0 Å². The molecule has 7 nitrogen and oxygen atoms in total. The molecule has 0 spiro atoms. The zero-order valence-corrected chi connectivity index (χ0v) is 19.4. The summed E-state index contributed by atoms with van der Waals surface area (Å²) in [7, 11) is 5.32. The molecule has 1 N–H and O–H groups in total. The number of anilines is 1. The van der Waals surface area contributed by atoms with Gasteiger partial charge in [0, 0.05) is 56.3 Å². The first-order valence-electron chi connectivity index (χ1n) is 10.6. The lowest BCUT2D eigenvalue weighted by atomic mass is 10.1. The molecule has 2 aromatic carbocycles. The number of benzene rings is 2. The normalized spacial score (nSPS) is 13.7. The van der Waals surface area contributed by atoms with Crippen molar-refractivity contribution in [3.8, 4) is 22.8 Å². The number of nitrogens with zero attached hydrogens (tertiary/aromatic N) is 3. The Hall–Kier alpha value is -3.10. The van der Waals surface area contributed by atoms with E-state index in [-0.39, 0.29) is 5.91 Å². The summed E-state index contributed by atoms with van der Waals surface area (Å²) in [6.45, 7) is 3.92. The molecule has 1 amide bonds. The molecule has 0 aliphatic carbocycles. The number of rotatable bonds is 7. The summed E-state index contributed by atoms with van der Waals surface area (Å²) >= 11 is 1.58. The molecule has 1 aliphatic heterocycles. The number of ether oxygens (including phenoxy) is 2. The zero-order valence-electron chi connectivity index (χ0n) is 18.6. The van der Waals surface area contributed by atoms with Crippen molar-refractivity contribution in [1.82, 2.24) is 15.2 Å². The third kappa shape index (κ3) is 4.87. The zero-order chi connectivity index (χ0) is 22.5. The van der Waals surface area contributed by atoms with Crippen LogP contribution in [0.5, 0.6) is 11.5 Å². The van der Waals surface area contributed by atoms with E-state index in [9.17, 15) is 4.79 Å². The second kappa shape index (κ2) is 10.0. The maximum absolute atomic E-state index is 12.7. The Kier molecular flexibility index (Phi) is 6.92. The molecular formula is C24H28N4O3S. The molecule has 1 aliphatic rings. The summed E-state index contributed by atoms with van der Waals surface area (Å²) in [5.41, 5.74) is 3.61. The lowest BCUT2D eigenvalue weighted by Crippen LogP contribution is -2.46. The SMILES string of the molecule is COc1ccc(OC)c(-c2csc(N(C)Cc3ccc(C(=O)N4CCNCC4)cc3)n2)c1. The maximum Gasteiger partial charge on any atom is 0.253 e. The lowest BCUT2D eigenvalue weighted by Gasteiger charge is -2.27. The molecule has 1 fully saturated rings. The number of carbonyl (C=O) groups excluding carboxylic acids is 1. The van der Waals surface area contributed by atoms with Crippen LogP contribution in [-0.2, 0) is 6.54 Å². The number of amides is 1. The van der Waals surface area contributed by atoms with Crippen LogP contribution in [0.3, 0.4) is 0 Å². The average molecular weight is 453 g/mol. The van der Waals surface area contributed by atoms with Gasteiger partial charge in [0.05, 0.1) is 19.9 Å². The highest BCUT2D eigenvalue weighted by atomic mass is 32.1. The van der Waals surface area contributed by atoms with E-state index in [0.29, 0.717) is 6.54 Å². The van der Waals surface area contributed by atoms with Gasteiger partial charge in [-0.25, -0.2) is 4.98 Å². The Morgan fingerprint density at radius 3 is 2.56 bits per heavy atom. The predicted octanol–water partition coefficient (Wildman–Crippen LogP) is 3.51. The highest BCUT2D eigenvalue weighted by Crippen LogP contribution is 2.35. The summed E-state index contributed by atoms with van der Waals surface area (Å²) in [5.74, 6) is 1.62. The van der Waals surface area contributed by atoms with E-state index in [1.807, 2.05) is 59.8 Å². The van der Waals surface area contributed by atoms with E-state index in [1.54, 1.807) is 25.6 Å². The topological polar surface area (TPSA) is 66.9 Å². The van der Waals surface area contributed by atoms with Gasteiger partial charge in [-0.05, 0) is 35.9 Å². The van der Waals surface area contributed by atoms with Crippen molar-refractivity contribution in [1.29, 1.82) is 0 Å². The number of carbonyl (C=O) groups is 1. The molecule has 168 valence electrons. The van der Waals surface area contributed by atoms with Gasteiger partial charge in [-0.1, -0.05) is 12.1 Å². The Balaban J connectivity index is 1.44. The Morgan fingerprint density at radius 2 is 1.88 bits per heavy atom. The smallest absolute Gasteiger partial charge is 0.253 e. The fourth-order valence-corrected chi connectivity index (χ4v) is 4.51. The second-order valence-corrected chi connectivity index (χ2v) is 8.51. The molecule has 8 heteroatoms. The van der Waals surface area contributed by atoms with Crippen LogP contribution < -0.4 is 19.7 Å². The van der Waals surface area contributed by atoms with E-state index < -0.39 is 0 Å². The average Bonchev–Trinajstić information content (AvgIpc) is 3.34. The van der Waals surface area contributed by atoms with Gasteiger partial charge >= 0.3 is 0 Å². The largest absolute Gasteiger partial charge is 0.497 e. The number of hydrogen-bond donors (Lipinski definition) is 1. The van der Waals surface area contributed by atoms with E-state index in [2.05, 4.69) is 10.2 Å². The Bertz CT molecular complexity index is 1060. The van der Waals surface area contributed by atoms with Crippen LogP contribution in [0.25, 0.3) is 11.3 Å². The summed E-state index contributed by atoms with van der Waals surface area (Å²) in [5, 5.41) is 6.21. The number of aromatic nitrogens is 1. The van der Waals surface area contributed by atoms with Gasteiger partial charge < -0.3 is 24.6 Å². The van der Waals surface area contributed by atoms with Gasteiger partial charge in [-0.2, -0.15) is 0 Å². The molecule has 0 atom stereocenters. The number of methoxy groups -OCH3 is 2. The first-order valence-corrected chi connectivity index (χ1v) is 11.4. The minimum Gasteiger partial charge on any atom is -0.497 e. The fourth-order valence-electron chi connectivity index (χ4n) is 3.72. The standard InChI is InChI=1S/C24H28N4O3S/c1-27(15-17-4-6-18(7-5-17)23(29)28-12-10-25-11-13-28)24-26-21(16-32-24)20-14-19(30-2)8-9-22(20)31-3/h4-9,14,16,25H,10-13,15H2,1-3H3.